The molecule has 1 aromatic heterocycles. The van der Waals surface area contributed by atoms with Crippen molar-refractivity contribution in [1.82, 2.24) is 4.98 Å². The van der Waals surface area contributed by atoms with Gasteiger partial charge in [0.1, 0.15) is 11.3 Å². The van der Waals surface area contributed by atoms with E-state index < -0.39 is 0 Å². The highest BCUT2D eigenvalue weighted by molar-refractivity contribution is 9.10. The zero-order chi connectivity index (χ0) is 22.8. The van der Waals surface area contributed by atoms with E-state index in [9.17, 15) is 4.79 Å². The molecule has 1 amide bonds. The van der Waals surface area contributed by atoms with E-state index in [1.54, 1.807) is 25.3 Å². The summed E-state index contributed by atoms with van der Waals surface area (Å²) in [6.45, 7) is 0. The minimum atomic E-state index is -0.255. The first-order valence-electron chi connectivity index (χ1n) is 10.3. The molecule has 0 fully saturated rings. The zero-order valence-corrected chi connectivity index (χ0v) is 19.3. The molecule has 1 N–H and O–H groups in total. The number of benzene rings is 4. The van der Waals surface area contributed by atoms with Crippen molar-refractivity contribution in [3.63, 3.8) is 0 Å². The van der Waals surface area contributed by atoms with Gasteiger partial charge in [0.15, 0.2) is 5.58 Å². The number of hydrogen-bond acceptors (Lipinski definition) is 4. The predicted octanol–water partition coefficient (Wildman–Crippen LogP) is 7.07. The van der Waals surface area contributed by atoms with E-state index in [2.05, 4.69) is 44.4 Å². The topological polar surface area (TPSA) is 64.4 Å². The molecule has 0 spiro atoms. The highest BCUT2D eigenvalue weighted by Crippen LogP contribution is 2.31. The lowest BCUT2D eigenvalue weighted by atomic mass is 10.0. The molecule has 0 radical (unpaired) electrons. The number of rotatable bonds is 5. The predicted molar refractivity (Wildman–Crippen MR) is 135 cm³/mol. The Morgan fingerprint density at radius 3 is 2.76 bits per heavy atom. The van der Waals surface area contributed by atoms with E-state index in [0.29, 0.717) is 28.4 Å². The smallest absolute Gasteiger partial charge is 0.248 e. The molecule has 5 aromatic rings. The van der Waals surface area contributed by atoms with Crippen LogP contribution in [0.5, 0.6) is 5.75 Å². The first-order chi connectivity index (χ1) is 16.1. The van der Waals surface area contributed by atoms with Crippen molar-refractivity contribution in [3.8, 4) is 17.2 Å². The molecular weight excluding hydrogens is 480 g/mol. The van der Waals surface area contributed by atoms with E-state index in [-0.39, 0.29) is 5.91 Å². The molecule has 162 valence electrons. The van der Waals surface area contributed by atoms with Crippen LogP contribution in [0.2, 0.25) is 0 Å². The van der Waals surface area contributed by atoms with Crippen LogP contribution >= 0.6 is 15.9 Å². The number of anilines is 1. The van der Waals surface area contributed by atoms with E-state index >= 15 is 0 Å². The lowest BCUT2D eigenvalue weighted by Crippen LogP contribution is -2.07. The summed E-state index contributed by atoms with van der Waals surface area (Å²) in [4.78, 5) is 17.2. The second kappa shape index (κ2) is 8.92. The molecule has 0 saturated heterocycles. The second-order valence-corrected chi connectivity index (χ2v) is 8.35. The van der Waals surface area contributed by atoms with Crippen LogP contribution in [0.4, 0.5) is 5.69 Å². The van der Waals surface area contributed by atoms with Gasteiger partial charge in [-0.05, 0) is 59.3 Å². The fraction of sp³-hybridized carbons (Fsp3) is 0.0370. The molecular formula is C27H19BrN2O3. The molecule has 1 heterocycles. The Bertz CT molecular complexity index is 1520. The van der Waals surface area contributed by atoms with Gasteiger partial charge < -0.3 is 14.5 Å². The molecule has 4 aromatic carbocycles. The number of methoxy groups -OCH3 is 1. The number of aromatic nitrogens is 1. The van der Waals surface area contributed by atoms with Crippen molar-refractivity contribution in [3.05, 3.63) is 95.0 Å². The fourth-order valence-electron chi connectivity index (χ4n) is 3.72. The average molecular weight is 499 g/mol. The Labute approximate surface area is 198 Å². The number of ether oxygens (including phenoxy) is 1. The van der Waals surface area contributed by atoms with Gasteiger partial charge in [-0.25, -0.2) is 4.98 Å². The zero-order valence-electron chi connectivity index (χ0n) is 17.7. The molecule has 33 heavy (non-hydrogen) atoms. The van der Waals surface area contributed by atoms with E-state index in [0.717, 1.165) is 26.4 Å². The molecule has 0 saturated carbocycles. The van der Waals surface area contributed by atoms with Gasteiger partial charge in [-0.3, -0.25) is 4.79 Å². The van der Waals surface area contributed by atoms with E-state index in [4.69, 9.17) is 9.15 Å². The summed E-state index contributed by atoms with van der Waals surface area (Å²) >= 11 is 3.44. The van der Waals surface area contributed by atoms with Gasteiger partial charge >= 0.3 is 0 Å². The van der Waals surface area contributed by atoms with Gasteiger partial charge in [0.25, 0.3) is 0 Å². The van der Waals surface area contributed by atoms with Gasteiger partial charge in [0.2, 0.25) is 11.8 Å². The van der Waals surface area contributed by atoms with Gasteiger partial charge in [-0.1, -0.05) is 52.3 Å². The SMILES string of the molecule is COc1ccc(Br)cc1/C=C/C(=O)Nc1ccc2oc(-c3cccc4ccccc34)nc2c1. The van der Waals surface area contributed by atoms with Gasteiger partial charge in [-0.15, -0.1) is 0 Å². The number of oxazole rings is 1. The normalized spacial score (nSPS) is 11.3. The maximum Gasteiger partial charge on any atom is 0.248 e. The number of amides is 1. The van der Waals surface area contributed by atoms with Crippen molar-refractivity contribution >= 4 is 55.5 Å². The molecule has 0 bridgehead atoms. The lowest BCUT2D eigenvalue weighted by molar-refractivity contribution is -0.111. The Balaban J connectivity index is 1.39. The van der Waals surface area contributed by atoms with Crippen LogP contribution in [-0.2, 0) is 4.79 Å². The van der Waals surface area contributed by atoms with Crippen LogP contribution in [0.25, 0.3) is 39.4 Å². The van der Waals surface area contributed by atoms with Crippen LogP contribution in [0.15, 0.2) is 93.8 Å². The Kier molecular flexibility index (Phi) is 5.67. The third kappa shape index (κ3) is 4.38. The molecule has 0 aliphatic heterocycles. The quantitative estimate of drug-likeness (QED) is 0.263. The van der Waals surface area contributed by atoms with Crippen molar-refractivity contribution in [2.75, 3.05) is 12.4 Å². The lowest BCUT2D eigenvalue weighted by Gasteiger charge is -2.05. The number of carbonyl (C=O) groups is 1. The van der Waals surface area contributed by atoms with Gasteiger partial charge in [0.05, 0.1) is 7.11 Å². The Morgan fingerprint density at radius 2 is 1.88 bits per heavy atom. The molecule has 0 aliphatic carbocycles. The van der Waals surface area contributed by atoms with Crippen LogP contribution in [0.1, 0.15) is 5.56 Å². The summed E-state index contributed by atoms with van der Waals surface area (Å²) < 4.78 is 12.3. The highest BCUT2D eigenvalue weighted by Gasteiger charge is 2.12. The first kappa shape index (κ1) is 21.0. The average Bonchev–Trinajstić information content (AvgIpc) is 3.25. The number of hydrogen-bond donors (Lipinski definition) is 1. The molecule has 5 nitrogen and oxygen atoms in total. The van der Waals surface area contributed by atoms with E-state index in [1.807, 2.05) is 48.5 Å². The maximum absolute atomic E-state index is 12.5. The third-order valence-electron chi connectivity index (χ3n) is 5.28. The second-order valence-electron chi connectivity index (χ2n) is 7.44. The van der Waals surface area contributed by atoms with Crippen LogP contribution < -0.4 is 10.1 Å². The van der Waals surface area contributed by atoms with Crippen molar-refractivity contribution in [2.24, 2.45) is 0 Å². The van der Waals surface area contributed by atoms with Crippen LogP contribution in [0.3, 0.4) is 0 Å². The maximum atomic E-state index is 12.5. The summed E-state index contributed by atoms with van der Waals surface area (Å²) in [6, 6.07) is 25.2. The van der Waals surface area contributed by atoms with Crippen LogP contribution in [-0.4, -0.2) is 18.0 Å². The Hall–Kier alpha value is -3.90. The van der Waals surface area contributed by atoms with Crippen molar-refractivity contribution in [2.45, 2.75) is 0 Å². The van der Waals surface area contributed by atoms with Crippen molar-refractivity contribution in [1.29, 1.82) is 0 Å². The highest BCUT2D eigenvalue weighted by atomic mass is 79.9. The molecule has 0 unspecified atom stereocenters. The molecule has 5 rings (SSSR count). The number of nitrogens with zero attached hydrogens (tertiary/aromatic N) is 1. The summed E-state index contributed by atoms with van der Waals surface area (Å²) in [5.41, 5.74) is 3.70. The largest absolute Gasteiger partial charge is 0.496 e. The molecule has 6 heteroatoms. The van der Waals surface area contributed by atoms with Crippen molar-refractivity contribution < 1.29 is 13.9 Å². The monoisotopic (exact) mass is 498 g/mol. The van der Waals surface area contributed by atoms with Gasteiger partial charge in [-0.2, -0.15) is 0 Å². The standard InChI is InChI=1S/C27H19BrN2O3/c1-32-24-12-10-19(28)15-18(24)9-14-26(31)29-20-11-13-25-23(16-20)30-27(33-25)22-8-4-6-17-5-2-3-7-21(17)22/h2-16H,1H3,(H,29,31)/b14-9+. The summed E-state index contributed by atoms with van der Waals surface area (Å²) in [6.07, 6.45) is 3.19. The summed E-state index contributed by atoms with van der Waals surface area (Å²) in [7, 11) is 1.60. The third-order valence-corrected chi connectivity index (χ3v) is 5.77. The fourth-order valence-corrected chi connectivity index (χ4v) is 4.10. The summed E-state index contributed by atoms with van der Waals surface area (Å²) in [5, 5.41) is 5.08. The number of halogens is 1. The minimum absolute atomic E-state index is 0.255. The van der Waals surface area contributed by atoms with Crippen LogP contribution in [0, 0.1) is 0 Å². The number of carbonyl (C=O) groups excluding carboxylic acids is 1. The molecule has 0 atom stereocenters. The first-order valence-corrected chi connectivity index (χ1v) is 11.1. The van der Waals surface area contributed by atoms with Gasteiger partial charge in [0, 0.05) is 27.4 Å². The number of nitrogens with one attached hydrogen (secondary N) is 1. The number of fused-ring (bicyclic) bond motifs is 2. The Morgan fingerprint density at radius 1 is 1.03 bits per heavy atom. The minimum Gasteiger partial charge on any atom is -0.496 e. The molecule has 0 aliphatic rings. The van der Waals surface area contributed by atoms with E-state index in [1.165, 1.54) is 6.08 Å². The summed E-state index contributed by atoms with van der Waals surface area (Å²) in [5.74, 6) is 0.980.